The van der Waals surface area contributed by atoms with E-state index in [9.17, 15) is 123 Å². The SMILES string of the molecule is FC(F)c1cccc(-c2nc(NC3CC(F)(F)C3)nc(NC3CC(F)(F)C3)n2)n1.FC1(F)CC(Nc2nc(NC3CC(F)(F)C3)nc(-c3cncc(Cl)n3)n2)C1.FC1(F)CCC(Nc2nc(NC3CCC(F)(F)C3)nc(-c3nc(C(F)(F)F)cs3)n2)C1.FC1(F)CCC(Nc2nc(NC3CCC(F)(F)C3)nc(-n3ccc(C(F)(F)F)n3)n2)C1.FC1(F)CCC(Nc2nc(NC3CCC(F)(F)CC3)nc(-c3cncc(Cl)n3)n2)CC1. The molecule has 0 bridgehead atoms. The Bertz CT molecular complexity index is 5890. The number of halogens is 30. The molecule has 4 unspecified atom stereocenters. The Morgan fingerprint density at radius 1 is 0.289 bits per heavy atom. The zero-order chi connectivity index (χ0) is 107. The molecule has 808 valence electrons. The number of alkyl halides is 28. The van der Waals surface area contributed by atoms with Crippen LogP contribution in [0.5, 0.6) is 0 Å². The van der Waals surface area contributed by atoms with Crippen LogP contribution in [0, 0.1) is 0 Å². The highest BCUT2D eigenvalue weighted by atomic mass is 35.5. The highest BCUT2D eigenvalue weighted by Gasteiger charge is 2.52. The van der Waals surface area contributed by atoms with Crippen molar-refractivity contribution in [3.05, 3.63) is 88.0 Å². The van der Waals surface area contributed by atoms with E-state index in [-0.39, 0.29) is 256 Å². The molecule has 64 heteroatoms. The highest BCUT2D eigenvalue weighted by Crippen LogP contribution is 2.48. The Morgan fingerprint density at radius 3 is 0.839 bits per heavy atom. The lowest BCUT2D eigenvalue weighted by atomic mass is 9.88. The van der Waals surface area contributed by atoms with Gasteiger partial charge in [0.25, 0.3) is 36.1 Å². The summed E-state index contributed by atoms with van der Waals surface area (Å²) >= 11 is 12.4. The molecule has 10 aliphatic rings. The van der Waals surface area contributed by atoms with Gasteiger partial charge in [-0.1, -0.05) is 29.3 Å². The molecule has 10 N–H and O–H groups in total. The smallest absolute Gasteiger partial charge is 0.351 e. The number of rotatable bonds is 26. The van der Waals surface area contributed by atoms with E-state index in [1.807, 2.05) is 0 Å². The Balaban J connectivity index is 0.000000133. The van der Waals surface area contributed by atoms with Crippen LogP contribution in [0.2, 0.25) is 10.3 Å². The molecule has 0 aromatic carbocycles. The summed E-state index contributed by atoms with van der Waals surface area (Å²) in [4.78, 5) is 85.2. The maximum Gasteiger partial charge on any atom is 0.435 e. The molecule has 33 nitrogen and oxygen atoms in total. The zero-order valence-corrected chi connectivity index (χ0v) is 79.3. The second-order valence-electron chi connectivity index (χ2n) is 37.6. The van der Waals surface area contributed by atoms with Crippen LogP contribution in [0.25, 0.3) is 51.3 Å². The topological polar surface area (TPSA) is 409 Å². The lowest BCUT2D eigenvalue weighted by Crippen LogP contribution is -2.45. The summed E-state index contributed by atoms with van der Waals surface area (Å²) in [6.07, 6.45) is -10.7. The fraction of sp³-hybridized carbons (Fsp3) is 0.600. The van der Waals surface area contributed by atoms with E-state index in [2.05, 4.69) is 163 Å². The maximum atomic E-state index is 13.5. The van der Waals surface area contributed by atoms with Gasteiger partial charge in [-0.2, -0.15) is 106 Å². The summed E-state index contributed by atoms with van der Waals surface area (Å²) in [5.41, 5.74) is -2.20. The van der Waals surface area contributed by atoms with E-state index in [4.69, 9.17) is 23.2 Å². The number of hydrogen-bond acceptors (Lipinski definition) is 33. The van der Waals surface area contributed by atoms with Crippen molar-refractivity contribution in [2.24, 2.45) is 0 Å². The van der Waals surface area contributed by atoms with E-state index in [1.54, 1.807) is 0 Å². The van der Waals surface area contributed by atoms with E-state index in [0.717, 1.165) is 28.4 Å². The number of hydrogen-bond donors (Lipinski definition) is 10. The Kier molecular flexibility index (Phi) is 31.8. The highest BCUT2D eigenvalue weighted by molar-refractivity contribution is 7.13. The summed E-state index contributed by atoms with van der Waals surface area (Å²) in [5.74, 6) is -28.1. The van der Waals surface area contributed by atoms with Crippen LogP contribution in [-0.4, -0.2) is 234 Å². The largest absolute Gasteiger partial charge is 0.435 e. The molecule has 10 aromatic rings. The first kappa shape index (κ1) is 110. The Morgan fingerprint density at radius 2 is 0.564 bits per heavy atom. The molecule has 0 amide bonds. The van der Waals surface area contributed by atoms with Gasteiger partial charge in [-0.25, -0.2) is 121 Å². The van der Waals surface area contributed by atoms with Crippen LogP contribution in [-0.2, 0) is 12.4 Å². The molecule has 10 fully saturated rings. The third kappa shape index (κ3) is 31.1. The number of anilines is 10. The van der Waals surface area contributed by atoms with Gasteiger partial charge in [0.2, 0.25) is 95.0 Å². The van der Waals surface area contributed by atoms with E-state index in [1.165, 1.54) is 36.9 Å². The van der Waals surface area contributed by atoms with Gasteiger partial charge in [0, 0.05) is 200 Å². The van der Waals surface area contributed by atoms with E-state index in [0.29, 0.717) is 17.0 Å². The summed E-state index contributed by atoms with van der Waals surface area (Å²) in [6.45, 7) is 0. The number of aromatic nitrogens is 23. The number of nitrogens with one attached hydrogen (secondary N) is 10. The predicted molar refractivity (Wildman–Crippen MR) is 480 cm³/mol. The van der Waals surface area contributed by atoms with Crippen molar-refractivity contribution < 1.29 is 123 Å². The molecule has 4 atom stereocenters. The lowest BCUT2D eigenvalue weighted by molar-refractivity contribution is -0.141. The molecule has 10 saturated carbocycles. The summed E-state index contributed by atoms with van der Waals surface area (Å²) in [6, 6.07) is -0.494. The second kappa shape index (κ2) is 43.3. The van der Waals surface area contributed by atoms with Crippen molar-refractivity contribution in [2.75, 3.05) is 53.2 Å². The zero-order valence-electron chi connectivity index (χ0n) is 77.0. The average molecular weight is 2210 g/mol. The third-order valence-electron chi connectivity index (χ3n) is 24.9. The van der Waals surface area contributed by atoms with Crippen molar-refractivity contribution in [2.45, 2.75) is 318 Å². The Labute approximate surface area is 838 Å². The number of thiazole rings is 1. The van der Waals surface area contributed by atoms with E-state index < -0.39 is 195 Å². The van der Waals surface area contributed by atoms with Crippen LogP contribution in [0.1, 0.15) is 203 Å². The van der Waals surface area contributed by atoms with Crippen LogP contribution in [0.3, 0.4) is 0 Å². The van der Waals surface area contributed by atoms with E-state index >= 15 is 0 Å². The van der Waals surface area contributed by atoms with Crippen LogP contribution in [0.15, 0.2) is 60.6 Å². The first-order valence-corrected chi connectivity index (χ1v) is 48.0. The molecule has 0 aliphatic heterocycles. The van der Waals surface area contributed by atoms with Gasteiger partial charge < -0.3 is 53.2 Å². The van der Waals surface area contributed by atoms with Crippen molar-refractivity contribution in [1.82, 2.24) is 114 Å². The molecule has 10 heterocycles. The van der Waals surface area contributed by atoms with Crippen molar-refractivity contribution in [1.29, 1.82) is 0 Å². The number of pyridine rings is 1. The molecule has 0 spiro atoms. The molecule has 149 heavy (non-hydrogen) atoms. The molecule has 10 aromatic heterocycles. The van der Waals surface area contributed by atoms with Gasteiger partial charge >= 0.3 is 12.4 Å². The second-order valence-corrected chi connectivity index (χ2v) is 39.3. The molecule has 0 saturated heterocycles. The van der Waals surface area contributed by atoms with Gasteiger partial charge in [-0.3, -0.25) is 9.97 Å². The van der Waals surface area contributed by atoms with Gasteiger partial charge in [0.05, 0.1) is 24.8 Å². The predicted octanol–water partition coefficient (Wildman–Crippen LogP) is 22.1. The van der Waals surface area contributed by atoms with Gasteiger partial charge in [0.15, 0.2) is 39.7 Å². The van der Waals surface area contributed by atoms with Crippen molar-refractivity contribution >= 4 is 94.0 Å². The van der Waals surface area contributed by atoms with Gasteiger partial charge in [0.1, 0.15) is 33.1 Å². The van der Waals surface area contributed by atoms with Crippen LogP contribution >= 0.6 is 34.5 Å². The minimum Gasteiger partial charge on any atom is -0.351 e. The van der Waals surface area contributed by atoms with Gasteiger partial charge in [-0.15, -0.1) is 11.3 Å². The van der Waals surface area contributed by atoms with Crippen LogP contribution in [0.4, 0.5) is 182 Å². The molecule has 0 radical (unpaired) electrons. The fourth-order valence-corrected chi connectivity index (χ4v) is 18.3. The first-order valence-electron chi connectivity index (χ1n) is 46.3. The molecular formula is C85H87Cl2F28N33S. The lowest BCUT2D eigenvalue weighted by Gasteiger charge is -2.36. The third-order valence-corrected chi connectivity index (χ3v) is 26.1. The summed E-state index contributed by atoms with van der Waals surface area (Å²) in [7, 11) is 0. The monoisotopic (exact) mass is 2200 g/mol. The minimum atomic E-state index is -4.69. The summed E-state index contributed by atoms with van der Waals surface area (Å²) in [5, 5.41) is 32.6. The standard InChI is InChI=1S/C19H22ClF4N7.C17H18F7N7.C17H17F7N6S.C17H16F6N6.C15H14ClF4N7/c20-14-10-25-9-13(28-14)15-29-16(26-11-1-5-18(21,22)6-2-11)31-17(30-15)27-12-3-7-19(23,24)8-4-12;18-15(19)4-1-9(7-15)25-12-27-13(26-10-2-5-16(20,21)8-10)29-14(28-12)31-6-3-11(30-31)17(22,23)24;18-15(19)3-1-8(5-15)25-13-28-11(12-27-10(7-31-12)17(22,23)24)29-14(30-13)26-9-2-4-16(20,21)6-9;18-12(19)10-2-1-3-11(26-10)13-27-14(24-8-4-16(20,21)5-8)29-15(28-13)25-9-6-17(22,23)7-9;16-10-6-21-5-9(24-10)11-25-12(22-7-1-14(17,18)2-7)27-13(26-11)23-8-3-15(19,20)4-8/h9-12H,1-8H2,(H2,26,27,29,30,31);3,6,9-10H,1-2,4-5,7-8H2,(H2,25,26,27,28,29);7-9H,1-6H2,(H2,25,26,28,29,30);1-3,8-9,12H,4-7H2,(H2,24,25,27,28,29);5-8H,1-4H2,(H2,22,23,25,26,27). The summed E-state index contributed by atoms with van der Waals surface area (Å²) < 4.78 is 370. The minimum absolute atomic E-state index is 0.0224. The molecular weight excluding hydrogens is 2120 g/mol. The van der Waals surface area contributed by atoms with Crippen molar-refractivity contribution in [3.63, 3.8) is 0 Å². The fourth-order valence-electron chi connectivity index (χ4n) is 17.3. The average Bonchev–Trinajstić information content (AvgIpc) is 1.32. The van der Waals surface area contributed by atoms with Gasteiger partial charge in [-0.05, 0) is 69.6 Å². The molecule has 10 aliphatic carbocycles. The Hall–Kier alpha value is -12.2. The number of nitrogens with zero attached hydrogens (tertiary/aromatic N) is 23. The normalized spacial score (nSPS) is 22.8. The maximum absolute atomic E-state index is 13.5. The van der Waals surface area contributed by atoms with Crippen LogP contribution < -0.4 is 53.2 Å². The quantitative estimate of drug-likeness (QED) is 0.0225. The van der Waals surface area contributed by atoms with Crippen molar-refractivity contribution in [3.8, 4) is 51.3 Å². The first-order chi connectivity index (χ1) is 69.7. The molecule has 20 rings (SSSR count).